The number of benzene rings is 1. The number of carbonyl (C=O) groups is 2. The van der Waals surface area contributed by atoms with Crippen LogP contribution < -0.4 is 0 Å². The first kappa shape index (κ1) is 14.0. The standard InChI is InChI=1S/C15H15NO4/c1-10(17)12-7-14(15(18)19)16(8-12)13-5-3-4-11(6-13)9-20-2/h3-8H,9H2,1-2H3,(H,18,19). The highest BCUT2D eigenvalue weighted by molar-refractivity contribution is 5.97. The molecule has 0 spiro atoms. The molecule has 20 heavy (non-hydrogen) atoms. The molecule has 1 aromatic carbocycles. The van der Waals surface area contributed by atoms with Gasteiger partial charge in [0.2, 0.25) is 0 Å². The Morgan fingerprint density at radius 2 is 2.05 bits per heavy atom. The molecule has 0 bridgehead atoms. The number of nitrogens with zero attached hydrogens (tertiary/aromatic N) is 1. The molecule has 0 fully saturated rings. The van der Waals surface area contributed by atoms with Crippen molar-refractivity contribution in [2.24, 2.45) is 0 Å². The van der Waals surface area contributed by atoms with E-state index in [0.29, 0.717) is 17.9 Å². The van der Waals surface area contributed by atoms with E-state index in [-0.39, 0.29) is 11.5 Å². The van der Waals surface area contributed by atoms with E-state index in [1.807, 2.05) is 18.2 Å². The van der Waals surface area contributed by atoms with Crippen LogP contribution in [0.4, 0.5) is 0 Å². The van der Waals surface area contributed by atoms with Crippen molar-refractivity contribution in [2.45, 2.75) is 13.5 Å². The van der Waals surface area contributed by atoms with E-state index in [2.05, 4.69) is 0 Å². The first-order valence-corrected chi connectivity index (χ1v) is 6.08. The normalized spacial score (nSPS) is 10.5. The van der Waals surface area contributed by atoms with Gasteiger partial charge in [-0.3, -0.25) is 4.79 Å². The molecule has 0 saturated carbocycles. The van der Waals surface area contributed by atoms with E-state index in [1.165, 1.54) is 23.8 Å². The second kappa shape index (κ2) is 5.71. The fourth-order valence-electron chi connectivity index (χ4n) is 2.00. The van der Waals surface area contributed by atoms with E-state index in [1.54, 1.807) is 13.2 Å². The van der Waals surface area contributed by atoms with Gasteiger partial charge in [0.25, 0.3) is 0 Å². The summed E-state index contributed by atoms with van der Waals surface area (Å²) >= 11 is 0. The summed E-state index contributed by atoms with van der Waals surface area (Å²) in [7, 11) is 1.60. The summed E-state index contributed by atoms with van der Waals surface area (Å²) in [5.74, 6) is -1.24. The van der Waals surface area contributed by atoms with Crippen molar-refractivity contribution in [3.8, 4) is 5.69 Å². The number of carbonyl (C=O) groups excluding carboxylic acids is 1. The molecule has 1 aromatic heterocycles. The quantitative estimate of drug-likeness (QED) is 0.850. The van der Waals surface area contributed by atoms with Gasteiger partial charge in [0.1, 0.15) is 5.69 Å². The lowest BCUT2D eigenvalue weighted by Gasteiger charge is -2.08. The van der Waals surface area contributed by atoms with Crippen LogP contribution in [0.2, 0.25) is 0 Å². The molecule has 2 rings (SSSR count). The molecule has 0 unspecified atom stereocenters. The van der Waals surface area contributed by atoms with Crippen LogP contribution >= 0.6 is 0 Å². The second-order valence-corrected chi connectivity index (χ2v) is 4.45. The van der Waals surface area contributed by atoms with Gasteiger partial charge in [-0.05, 0) is 30.7 Å². The molecule has 2 aromatic rings. The highest BCUT2D eigenvalue weighted by Crippen LogP contribution is 2.18. The highest BCUT2D eigenvalue weighted by atomic mass is 16.5. The molecule has 1 N–H and O–H groups in total. The fraction of sp³-hybridized carbons (Fsp3) is 0.200. The summed E-state index contributed by atoms with van der Waals surface area (Å²) in [5, 5.41) is 9.24. The van der Waals surface area contributed by atoms with E-state index in [9.17, 15) is 14.7 Å². The van der Waals surface area contributed by atoms with Gasteiger partial charge in [0.05, 0.1) is 6.61 Å². The Labute approximate surface area is 116 Å². The Morgan fingerprint density at radius 3 is 2.65 bits per heavy atom. The van der Waals surface area contributed by atoms with Crippen molar-refractivity contribution in [2.75, 3.05) is 7.11 Å². The van der Waals surface area contributed by atoms with Crippen LogP contribution in [0.1, 0.15) is 33.3 Å². The summed E-state index contributed by atoms with van der Waals surface area (Å²) < 4.78 is 6.56. The number of aromatic carboxylic acids is 1. The van der Waals surface area contributed by atoms with Crippen LogP contribution in [-0.4, -0.2) is 28.5 Å². The van der Waals surface area contributed by atoms with E-state index >= 15 is 0 Å². The molecule has 1 heterocycles. The molecule has 0 aliphatic heterocycles. The minimum atomic E-state index is -1.07. The Bertz CT molecular complexity index is 658. The summed E-state index contributed by atoms with van der Waals surface area (Å²) in [6.07, 6.45) is 1.54. The van der Waals surface area contributed by atoms with Gasteiger partial charge in [-0.2, -0.15) is 0 Å². The highest BCUT2D eigenvalue weighted by Gasteiger charge is 2.15. The average Bonchev–Trinajstić information content (AvgIpc) is 2.85. The van der Waals surface area contributed by atoms with Crippen LogP contribution in [-0.2, 0) is 11.3 Å². The number of hydrogen-bond acceptors (Lipinski definition) is 3. The van der Waals surface area contributed by atoms with Crippen LogP contribution in [0, 0.1) is 0 Å². The van der Waals surface area contributed by atoms with Gasteiger partial charge >= 0.3 is 5.97 Å². The smallest absolute Gasteiger partial charge is 0.352 e. The number of rotatable bonds is 5. The maximum Gasteiger partial charge on any atom is 0.352 e. The molecule has 0 radical (unpaired) electrons. The maximum atomic E-state index is 11.4. The van der Waals surface area contributed by atoms with Crippen molar-refractivity contribution in [3.63, 3.8) is 0 Å². The van der Waals surface area contributed by atoms with Crippen LogP contribution in [0.25, 0.3) is 5.69 Å². The Hall–Kier alpha value is -2.40. The number of ether oxygens (including phenoxy) is 1. The number of carboxylic acids is 1. The van der Waals surface area contributed by atoms with Crippen molar-refractivity contribution >= 4 is 11.8 Å². The van der Waals surface area contributed by atoms with E-state index < -0.39 is 5.97 Å². The maximum absolute atomic E-state index is 11.4. The number of hydrogen-bond donors (Lipinski definition) is 1. The lowest BCUT2D eigenvalue weighted by atomic mass is 10.2. The Morgan fingerprint density at radius 1 is 1.30 bits per heavy atom. The molecular formula is C15H15NO4. The number of Topliss-reactive ketones (excluding diaryl/α,β-unsaturated/α-hetero) is 1. The lowest BCUT2D eigenvalue weighted by molar-refractivity contribution is 0.0688. The predicted molar refractivity (Wildman–Crippen MR) is 73.4 cm³/mol. The number of methoxy groups -OCH3 is 1. The van der Waals surface area contributed by atoms with Gasteiger partial charge in [0.15, 0.2) is 5.78 Å². The van der Waals surface area contributed by atoms with Crippen molar-refractivity contribution in [1.82, 2.24) is 4.57 Å². The largest absolute Gasteiger partial charge is 0.477 e. The van der Waals surface area contributed by atoms with Gasteiger partial charge in [-0.1, -0.05) is 12.1 Å². The van der Waals surface area contributed by atoms with Gasteiger partial charge in [-0.25, -0.2) is 4.79 Å². The van der Waals surface area contributed by atoms with Crippen molar-refractivity contribution in [1.29, 1.82) is 0 Å². The third-order valence-electron chi connectivity index (χ3n) is 2.95. The molecule has 0 atom stereocenters. The number of carboxylic acid groups (broad SMARTS) is 1. The lowest BCUT2D eigenvalue weighted by Crippen LogP contribution is -2.05. The zero-order valence-corrected chi connectivity index (χ0v) is 11.3. The van der Waals surface area contributed by atoms with Crippen LogP contribution in [0.15, 0.2) is 36.5 Å². The molecule has 5 nitrogen and oxygen atoms in total. The zero-order chi connectivity index (χ0) is 14.7. The monoisotopic (exact) mass is 273 g/mol. The second-order valence-electron chi connectivity index (χ2n) is 4.45. The third kappa shape index (κ3) is 2.78. The topological polar surface area (TPSA) is 68.5 Å². The summed E-state index contributed by atoms with van der Waals surface area (Å²) in [6.45, 7) is 1.85. The average molecular weight is 273 g/mol. The summed E-state index contributed by atoms with van der Waals surface area (Å²) in [4.78, 5) is 22.7. The third-order valence-corrected chi connectivity index (χ3v) is 2.95. The molecule has 0 amide bonds. The fourth-order valence-corrected chi connectivity index (χ4v) is 2.00. The van der Waals surface area contributed by atoms with Gasteiger partial charge in [0, 0.05) is 24.6 Å². The SMILES string of the molecule is COCc1cccc(-n2cc(C(C)=O)cc2C(=O)O)c1. The zero-order valence-electron chi connectivity index (χ0n) is 11.3. The minimum absolute atomic E-state index is 0.0600. The first-order valence-electron chi connectivity index (χ1n) is 6.08. The van der Waals surface area contributed by atoms with E-state index in [4.69, 9.17) is 4.74 Å². The van der Waals surface area contributed by atoms with Crippen LogP contribution in [0.5, 0.6) is 0 Å². The van der Waals surface area contributed by atoms with Crippen molar-refractivity contribution in [3.05, 3.63) is 53.3 Å². The minimum Gasteiger partial charge on any atom is -0.477 e. The van der Waals surface area contributed by atoms with E-state index in [0.717, 1.165) is 5.56 Å². The molecule has 0 aliphatic rings. The molecular weight excluding hydrogens is 258 g/mol. The Balaban J connectivity index is 2.53. The summed E-state index contributed by atoms with van der Waals surface area (Å²) in [6, 6.07) is 8.72. The summed E-state index contributed by atoms with van der Waals surface area (Å²) in [5.41, 5.74) is 2.05. The molecule has 0 saturated heterocycles. The molecule has 104 valence electrons. The molecule has 0 aliphatic carbocycles. The van der Waals surface area contributed by atoms with Crippen LogP contribution in [0.3, 0.4) is 0 Å². The van der Waals surface area contributed by atoms with Gasteiger partial charge < -0.3 is 14.4 Å². The predicted octanol–water partition coefficient (Wildman–Crippen LogP) is 2.52. The molecule has 5 heteroatoms. The first-order chi connectivity index (χ1) is 9.52. The number of aromatic nitrogens is 1. The van der Waals surface area contributed by atoms with Gasteiger partial charge in [-0.15, -0.1) is 0 Å². The number of ketones is 1. The Kier molecular flexibility index (Phi) is 4.00. The van der Waals surface area contributed by atoms with Crippen molar-refractivity contribution < 1.29 is 19.4 Å².